The molecule has 3 N–H and O–H groups in total. The number of rotatable bonds is 4. The fourth-order valence-electron chi connectivity index (χ4n) is 2.53. The van der Waals surface area contributed by atoms with Gasteiger partial charge in [-0.1, -0.05) is 30.3 Å². The van der Waals surface area contributed by atoms with E-state index < -0.39 is 17.6 Å². The minimum absolute atomic E-state index is 0.0597. The highest BCUT2D eigenvalue weighted by Crippen LogP contribution is 2.30. The summed E-state index contributed by atoms with van der Waals surface area (Å²) >= 11 is 5.25. The lowest BCUT2D eigenvalue weighted by Gasteiger charge is -2.12. The maximum atomic E-state index is 12.8. The van der Waals surface area contributed by atoms with E-state index >= 15 is 0 Å². The van der Waals surface area contributed by atoms with E-state index in [1.807, 2.05) is 30.3 Å². The molecule has 0 saturated carbocycles. The lowest BCUT2D eigenvalue weighted by atomic mass is 10.1. The van der Waals surface area contributed by atoms with Gasteiger partial charge in [0.1, 0.15) is 0 Å². The standard InChI is InChI=1S/C21H16F3N3OS/c22-21(23,24)15-7-5-11-18(13-15)25-19(28)14-6-4-10-17(12-14)27-20(29)26-16-8-2-1-3-9-16/h1-13H,(H,25,28)(H2,26,27,29). The van der Waals surface area contributed by atoms with Crippen LogP contribution in [0.3, 0.4) is 0 Å². The predicted molar refractivity (Wildman–Crippen MR) is 112 cm³/mol. The molecule has 0 aliphatic rings. The topological polar surface area (TPSA) is 53.2 Å². The molecule has 148 valence electrons. The van der Waals surface area contributed by atoms with Gasteiger partial charge in [-0.15, -0.1) is 0 Å². The van der Waals surface area contributed by atoms with Crippen molar-refractivity contribution in [2.24, 2.45) is 0 Å². The molecule has 0 saturated heterocycles. The number of benzene rings is 3. The van der Waals surface area contributed by atoms with Crippen LogP contribution in [-0.2, 0) is 6.18 Å². The van der Waals surface area contributed by atoms with Crippen molar-refractivity contribution >= 4 is 40.3 Å². The van der Waals surface area contributed by atoms with Crippen LogP contribution in [-0.4, -0.2) is 11.0 Å². The molecular formula is C21H16F3N3OS. The maximum Gasteiger partial charge on any atom is 0.416 e. The zero-order valence-corrected chi connectivity index (χ0v) is 15.8. The Kier molecular flexibility index (Phi) is 6.13. The smallest absolute Gasteiger partial charge is 0.332 e. The van der Waals surface area contributed by atoms with E-state index in [-0.39, 0.29) is 11.3 Å². The molecule has 0 aliphatic heterocycles. The van der Waals surface area contributed by atoms with Gasteiger partial charge in [-0.05, 0) is 60.7 Å². The quantitative estimate of drug-likeness (QED) is 0.474. The van der Waals surface area contributed by atoms with Gasteiger partial charge in [0.15, 0.2) is 5.11 Å². The van der Waals surface area contributed by atoms with Crippen LogP contribution in [0.1, 0.15) is 15.9 Å². The normalized spacial score (nSPS) is 10.9. The third kappa shape index (κ3) is 5.79. The van der Waals surface area contributed by atoms with Crippen molar-refractivity contribution < 1.29 is 18.0 Å². The van der Waals surface area contributed by atoms with E-state index in [1.165, 1.54) is 12.1 Å². The van der Waals surface area contributed by atoms with Crippen LogP contribution in [0.5, 0.6) is 0 Å². The van der Waals surface area contributed by atoms with Crippen LogP contribution in [0, 0.1) is 0 Å². The molecule has 1 amide bonds. The molecule has 4 nitrogen and oxygen atoms in total. The molecule has 0 bridgehead atoms. The second-order valence-electron chi connectivity index (χ2n) is 6.06. The van der Waals surface area contributed by atoms with Crippen molar-refractivity contribution in [3.05, 3.63) is 90.0 Å². The molecule has 8 heteroatoms. The number of thiocarbonyl (C=S) groups is 1. The first-order chi connectivity index (χ1) is 13.8. The Balaban J connectivity index is 1.67. The summed E-state index contributed by atoms with van der Waals surface area (Å²) in [4.78, 5) is 12.4. The molecule has 0 fully saturated rings. The number of para-hydroxylation sites is 1. The van der Waals surface area contributed by atoms with E-state index in [0.717, 1.165) is 17.8 Å². The Bertz CT molecular complexity index is 1020. The number of carbonyl (C=O) groups is 1. The molecular weight excluding hydrogens is 399 g/mol. The average Bonchev–Trinajstić information content (AvgIpc) is 2.68. The first-order valence-electron chi connectivity index (χ1n) is 8.53. The number of hydrogen-bond donors (Lipinski definition) is 3. The van der Waals surface area contributed by atoms with Crippen LogP contribution in [0.4, 0.5) is 30.2 Å². The Morgan fingerprint density at radius 3 is 2.00 bits per heavy atom. The Hall–Kier alpha value is -3.39. The molecule has 0 spiro atoms. The number of alkyl halides is 3. The summed E-state index contributed by atoms with van der Waals surface area (Å²) in [7, 11) is 0. The lowest BCUT2D eigenvalue weighted by Crippen LogP contribution is -2.19. The predicted octanol–water partition coefficient (Wildman–Crippen LogP) is 5.77. The number of amides is 1. The highest BCUT2D eigenvalue weighted by Gasteiger charge is 2.30. The molecule has 0 aromatic heterocycles. The Morgan fingerprint density at radius 1 is 0.724 bits per heavy atom. The monoisotopic (exact) mass is 415 g/mol. The van der Waals surface area contributed by atoms with Gasteiger partial charge in [-0.25, -0.2) is 0 Å². The Morgan fingerprint density at radius 2 is 1.31 bits per heavy atom. The second-order valence-corrected chi connectivity index (χ2v) is 6.47. The number of anilines is 3. The van der Waals surface area contributed by atoms with Crippen molar-refractivity contribution in [2.75, 3.05) is 16.0 Å². The molecule has 3 aromatic rings. The van der Waals surface area contributed by atoms with Crippen molar-refractivity contribution in [1.82, 2.24) is 0 Å². The summed E-state index contributed by atoms with van der Waals surface area (Å²) in [6.07, 6.45) is -4.48. The van der Waals surface area contributed by atoms with E-state index in [2.05, 4.69) is 16.0 Å². The fraction of sp³-hybridized carbons (Fsp3) is 0.0476. The highest BCUT2D eigenvalue weighted by molar-refractivity contribution is 7.80. The molecule has 3 aromatic carbocycles. The van der Waals surface area contributed by atoms with Gasteiger partial charge < -0.3 is 16.0 Å². The van der Waals surface area contributed by atoms with E-state index in [1.54, 1.807) is 24.3 Å². The summed E-state index contributed by atoms with van der Waals surface area (Å²) < 4.78 is 38.5. The van der Waals surface area contributed by atoms with Gasteiger partial charge in [-0.2, -0.15) is 13.2 Å². The van der Waals surface area contributed by atoms with Crippen LogP contribution in [0.2, 0.25) is 0 Å². The van der Waals surface area contributed by atoms with Crippen molar-refractivity contribution in [2.45, 2.75) is 6.18 Å². The average molecular weight is 415 g/mol. The lowest BCUT2D eigenvalue weighted by molar-refractivity contribution is -0.137. The van der Waals surface area contributed by atoms with Gasteiger partial charge in [-0.3, -0.25) is 4.79 Å². The summed E-state index contributed by atoms with van der Waals surface area (Å²) in [5, 5.41) is 8.80. The molecule has 0 radical (unpaired) electrons. The Labute approximate surface area is 170 Å². The van der Waals surface area contributed by atoms with Crippen LogP contribution in [0.15, 0.2) is 78.9 Å². The fourth-order valence-corrected chi connectivity index (χ4v) is 2.77. The first kappa shape index (κ1) is 20.3. The minimum Gasteiger partial charge on any atom is -0.332 e. The summed E-state index contributed by atoms with van der Waals surface area (Å²) in [6.45, 7) is 0. The van der Waals surface area contributed by atoms with Gasteiger partial charge >= 0.3 is 6.18 Å². The van der Waals surface area contributed by atoms with Gasteiger partial charge in [0.05, 0.1) is 5.56 Å². The first-order valence-corrected chi connectivity index (χ1v) is 8.94. The molecule has 29 heavy (non-hydrogen) atoms. The van der Waals surface area contributed by atoms with E-state index in [0.29, 0.717) is 10.8 Å². The maximum absolute atomic E-state index is 12.8. The van der Waals surface area contributed by atoms with Gasteiger partial charge in [0.25, 0.3) is 5.91 Å². The number of nitrogens with one attached hydrogen (secondary N) is 3. The largest absolute Gasteiger partial charge is 0.416 e. The third-order valence-electron chi connectivity index (χ3n) is 3.86. The zero-order valence-electron chi connectivity index (χ0n) is 15.0. The minimum atomic E-state index is -4.48. The SMILES string of the molecule is O=C(Nc1cccc(C(F)(F)F)c1)c1cccc(NC(=S)Nc2ccccc2)c1. The third-order valence-corrected chi connectivity index (χ3v) is 4.07. The highest BCUT2D eigenvalue weighted by atomic mass is 32.1. The molecule has 0 unspecified atom stereocenters. The number of halogens is 3. The van der Waals surface area contributed by atoms with E-state index in [9.17, 15) is 18.0 Å². The van der Waals surface area contributed by atoms with Crippen LogP contribution in [0.25, 0.3) is 0 Å². The van der Waals surface area contributed by atoms with Gasteiger partial charge in [0, 0.05) is 22.6 Å². The van der Waals surface area contributed by atoms with Crippen LogP contribution < -0.4 is 16.0 Å². The molecule has 0 atom stereocenters. The molecule has 0 aliphatic carbocycles. The number of hydrogen-bond acceptors (Lipinski definition) is 2. The summed E-state index contributed by atoms with van der Waals surface area (Å²) in [5.41, 5.74) is 0.876. The number of carbonyl (C=O) groups excluding carboxylic acids is 1. The van der Waals surface area contributed by atoms with Crippen LogP contribution >= 0.6 is 12.2 Å². The van der Waals surface area contributed by atoms with Crippen molar-refractivity contribution in [3.63, 3.8) is 0 Å². The van der Waals surface area contributed by atoms with Crippen molar-refractivity contribution in [1.29, 1.82) is 0 Å². The molecule has 3 rings (SSSR count). The van der Waals surface area contributed by atoms with E-state index in [4.69, 9.17) is 12.2 Å². The van der Waals surface area contributed by atoms with Crippen molar-refractivity contribution in [3.8, 4) is 0 Å². The summed E-state index contributed by atoms with van der Waals surface area (Å²) in [6, 6.07) is 20.3. The summed E-state index contributed by atoms with van der Waals surface area (Å²) in [5.74, 6) is -0.532. The molecule has 0 heterocycles. The second kappa shape index (κ2) is 8.74. The zero-order chi connectivity index (χ0) is 20.9. The van der Waals surface area contributed by atoms with Gasteiger partial charge in [0.2, 0.25) is 0 Å².